The Bertz CT molecular complexity index is 778. The molecule has 1 N–H and O–H groups in total. The Morgan fingerprint density at radius 1 is 1.52 bits per heavy atom. The summed E-state index contributed by atoms with van der Waals surface area (Å²) in [6.45, 7) is 4.23. The predicted molar refractivity (Wildman–Crippen MR) is 89.0 cm³/mol. The molecule has 0 saturated heterocycles. The van der Waals surface area contributed by atoms with E-state index in [4.69, 9.17) is 4.74 Å². The van der Waals surface area contributed by atoms with E-state index in [0.29, 0.717) is 4.96 Å². The molecule has 1 aliphatic carbocycles. The lowest BCUT2D eigenvalue weighted by molar-refractivity contribution is -0.120. The molecule has 23 heavy (non-hydrogen) atoms. The maximum Gasteiger partial charge on any atom is 0.271 e. The van der Waals surface area contributed by atoms with E-state index in [-0.39, 0.29) is 34.6 Å². The summed E-state index contributed by atoms with van der Waals surface area (Å²) in [5.41, 5.74) is -0.293. The van der Waals surface area contributed by atoms with Gasteiger partial charge in [-0.1, -0.05) is 13.8 Å². The molecule has 1 fully saturated rings. The average molecular weight is 335 g/mol. The quantitative estimate of drug-likeness (QED) is 0.908. The second kappa shape index (κ2) is 6.05. The van der Waals surface area contributed by atoms with Crippen molar-refractivity contribution in [1.29, 1.82) is 0 Å². The van der Waals surface area contributed by atoms with E-state index in [2.05, 4.69) is 24.1 Å². The fourth-order valence-electron chi connectivity index (χ4n) is 3.70. The number of nitrogens with zero attached hydrogens (tertiary/aromatic N) is 2. The molecule has 1 saturated carbocycles. The third-order valence-electron chi connectivity index (χ3n) is 5.28. The van der Waals surface area contributed by atoms with E-state index < -0.39 is 0 Å². The van der Waals surface area contributed by atoms with Gasteiger partial charge in [0, 0.05) is 36.3 Å². The SMILES string of the molecule is CCC1(CC)C(NC(=O)c2cnc3sccn3c2=O)CC1OC. The number of thiazole rings is 1. The van der Waals surface area contributed by atoms with Crippen molar-refractivity contribution in [2.75, 3.05) is 7.11 Å². The van der Waals surface area contributed by atoms with E-state index in [1.54, 1.807) is 18.7 Å². The molecule has 0 spiro atoms. The molecule has 124 valence electrons. The zero-order valence-electron chi connectivity index (χ0n) is 13.5. The summed E-state index contributed by atoms with van der Waals surface area (Å²) in [5.74, 6) is -0.353. The first-order valence-corrected chi connectivity index (χ1v) is 8.73. The maximum absolute atomic E-state index is 12.5. The van der Waals surface area contributed by atoms with Gasteiger partial charge in [-0.2, -0.15) is 0 Å². The zero-order valence-corrected chi connectivity index (χ0v) is 14.4. The Labute approximate surface area is 138 Å². The highest BCUT2D eigenvalue weighted by Gasteiger charge is 2.53. The number of aromatic nitrogens is 2. The van der Waals surface area contributed by atoms with Crippen LogP contribution in [0.4, 0.5) is 0 Å². The molecule has 2 heterocycles. The summed E-state index contributed by atoms with van der Waals surface area (Å²) < 4.78 is 6.95. The molecule has 0 bridgehead atoms. The standard InChI is InChI=1S/C16H21N3O3S/c1-4-16(5-2)11(8-12(16)22-3)18-13(20)10-9-17-15-19(14(10)21)6-7-23-15/h6-7,9,11-12H,4-5,8H2,1-3H3,(H,18,20). The summed E-state index contributed by atoms with van der Waals surface area (Å²) in [6, 6.07) is 0.0255. The number of rotatable bonds is 5. The van der Waals surface area contributed by atoms with Crippen LogP contribution in [0, 0.1) is 5.41 Å². The van der Waals surface area contributed by atoms with Crippen LogP contribution in [0.2, 0.25) is 0 Å². The smallest absolute Gasteiger partial charge is 0.271 e. The fourth-order valence-corrected chi connectivity index (χ4v) is 4.37. The third-order valence-corrected chi connectivity index (χ3v) is 6.05. The molecule has 6 nitrogen and oxygen atoms in total. The van der Waals surface area contributed by atoms with Gasteiger partial charge in [0.05, 0.1) is 6.10 Å². The summed E-state index contributed by atoms with van der Waals surface area (Å²) >= 11 is 1.37. The molecule has 2 atom stereocenters. The van der Waals surface area contributed by atoms with Crippen molar-refractivity contribution < 1.29 is 9.53 Å². The van der Waals surface area contributed by atoms with Gasteiger partial charge in [-0.25, -0.2) is 4.98 Å². The van der Waals surface area contributed by atoms with Gasteiger partial charge in [0.25, 0.3) is 11.5 Å². The minimum Gasteiger partial charge on any atom is -0.381 e. The molecule has 0 aliphatic heterocycles. The van der Waals surface area contributed by atoms with Crippen molar-refractivity contribution in [2.45, 2.75) is 45.3 Å². The second-order valence-electron chi connectivity index (χ2n) is 5.96. The van der Waals surface area contributed by atoms with Gasteiger partial charge in [-0.3, -0.25) is 14.0 Å². The zero-order chi connectivity index (χ0) is 16.6. The first-order valence-electron chi connectivity index (χ1n) is 7.86. The van der Waals surface area contributed by atoms with Gasteiger partial charge >= 0.3 is 0 Å². The van der Waals surface area contributed by atoms with Crippen LogP contribution < -0.4 is 10.9 Å². The van der Waals surface area contributed by atoms with E-state index in [1.807, 2.05) is 0 Å². The Morgan fingerprint density at radius 3 is 2.91 bits per heavy atom. The van der Waals surface area contributed by atoms with Crippen molar-refractivity contribution >= 4 is 22.2 Å². The van der Waals surface area contributed by atoms with Crippen LogP contribution in [-0.2, 0) is 4.74 Å². The van der Waals surface area contributed by atoms with Crippen molar-refractivity contribution in [2.24, 2.45) is 5.41 Å². The highest BCUT2D eigenvalue weighted by molar-refractivity contribution is 7.15. The van der Waals surface area contributed by atoms with Crippen LogP contribution >= 0.6 is 11.3 Å². The number of methoxy groups -OCH3 is 1. The summed E-state index contributed by atoms with van der Waals surface area (Å²) in [5, 5.41) is 4.80. The molecular formula is C16H21N3O3S. The number of hydrogen-bond acceptors (Lipinski definition) is 5. The predicted octanol–water partition coefficient (Wildman–Crippen LogP) is 2.08. The molecular weight excluding hydrogens is 314 g/mol. The van der Waals surface area contributed by atoms with Crippen LogP contribution in [0.3, 0.4) is 0 Å². The monoisotopic (exact) mass is 335 g/mol. The Balaban J connectivity index is 1.84. The van der Waals surface area contributed by atoms with Gasteiger partial charge in [-0.05, 0) is 19.3 Å². The topological polar surface area (TPSA) is 72.7 Å². The highest BCUT2D eigenvalue weighted by atomic mass is 32.1. The number of fused-ring (bicyclic) bond motifs is 1. The Hall–Kier alpha value is -1.73. The Kier molecular flexibility index (Phi) is 4.25. The molecule has 0 aromatic carbocycles. The van der Waals surface area contributed by atoms with E-state index in [9.17, 15) is 9.59 Å². The lowest BCUT2D eigenvalue weighted by atomic mass is 9.58. The lowest BCUT2D eigenvalue weighted by Crippen LogP contribution is -2.64. The van der Waals surface area contributed by atoms with Crippen LogP contribution in [-0.4, -0.2) is 34.5 Å². The van der Waals surface area contributed by atoms with Gasteiger partial charge in [0.1, 0.15) is 5.56 Å². The molecule has 0 radical (unpaired) electrons. The van der Waals surface area contributed by atoms with Crippen molar-refractivity contribution in [1.82, 2.24) is 14.7 Å². The number of amides is 1. The highest BCUT2D eigenvalue weighted by Crippen LogP contribution is 2.48. The minimum absolute atomic E-state index is 0.0255. The number of nitrogens with one attached hydrogen (secondary N) is 1. The van der Waals surface area contributed by atoms with Crippen molar-refractivity contribution in [3.05, 3.63) is 33.7 Å². The average Bonchev–Trinajstić information content (AvgIpc) is 3.02. The van der Waals surface area contributed by atoms with Crippen molar-refractivity contribution in [3.63, 3.8) is 0 Å². The molecule has 7 heteroatoms. The molecule has 1 amide bonds. The number of carbonyl (C=O) groups is 1. The maximum atomic E-state index is 12.5. The Morgan fingerprint density at radius 2 is 2.26 bits per heavy atom. The third kappa shape index (κ3) is 2.38. The van der Waals surface area contributed by atoms with Gasteiger partial charge in [0.15, 0.2) is 4.96 Å². The fraction of sp³-hybridized carbons (Fsp3) is 0.562. The minimum atomic E-state index is -0.353. The van der Waals surface area contributed by atoms with Crippen LogP contribution in [0.15, 0.2) is 22.6 Å². The normalized spacial score (nSPS) is 22.7. The van der Waals surface area contributed by atoms with Crippen LogP contribution in [0.1, 0.15) is 43.5 Å². The largest absolute Gasteiger partial charge is 0.381 e. The first kappa shape index (κ1) is 16.1. The summed E-state index contributed by atoms with van der Waals surface area (Å²) in [7, 11) is 1.71. The lowest BCUT2D eigenvalue weighted by Gasteiger charge is -2.55. The second-order valence-corrected chi connectivity index (χ2v) is 6.83. The summed E-state index contributed by atoms with van der Waals surface area (Å²) in [6.07, 6.45) is 5.79. The van der Waals surface area contributed by atoms with Gasteiger partial charge in [0.2, 0.25) is 0 Å². The number of hydrogen-bond donors (Lipinski definition) is 1. The van der Waals surface area contributed by atoms with E-state index in [1.165, 1.54) is 21.9 Å². The summed E-state index contributed by atoms with van der Waals surface area (Å²) in [4.78, 5) is 29.7. The van der Waals surface area contributed by atoms with Crippen LogP contribution in [0.25, 0.3) is 4.96 Å². The van der Waals surface area contributed by atoms with E-state index >= 15 is 0 Å². The number of ether oxygens (including phenoxy) is 1. The van der Waals surface area contributed by atoms with E-state index in [0.717, 1.165) is 19.3 Å². The molecule has 1 aliphatic rings. The molecule has 2 unspecified atom stereocenters. The molecule has 3 rings (SSSR count). The van der Waals surface area contributed by atoms with Gasteiger partial charge < -0.3 is 10.1 Å². The first-order chi connectivity index (χ1) is 11.1. The van der Waals surface area contributed by atoms with Crippen molar-refractivity contribution in [3.8, 4) is 0 Å². The molecule has 2 aromatic rings. The van der Waals surface area contributed by atoms with Gasteiger partial charge in [-0.15, -0.1) is 11.3 Å². The number of carbonyl (C=O) groups excluding carboxylic acids is 1. The van der Waals surface area contributed by atoms with Crippen LogP contribution in [0.5, 0.6) is 0 Å². The molecule has 2 aromatic heterocycles.